The first-order valence-electron chi connectivity index (χ1n) is 8.20. The molecule has 4 rings (SSSR count). The minimum atomic E-state index is -0.369. The van der Waals surface area contributed by atoms with E-state index in [4.69, 9.17) is 0 Å². The van der Waals surface area contributed by atoms with E-state index in [2.05, 4.69) is 31.4 Å². The summed E-state index contributed by atoms with van der Waals surface area (Å²) >= 11 is 1.71. The second-order valence-electron chi connectivity index (χ2n) is 7.13. The third-order valence-electron chi connectivity index (χ3n) is 6.42. The fourth-order valence-corrected chi connectivity index (χ4v) is 7.12. The van der Waals surface area contributed by atoms with Crippen LogP contribution in [0.25, 0.3) is 0 Å². The second-order valence-corrected chi connectivity index (χ2v) is 8.28. The average Bonchev–Trinajstić information content (AvgIpc) is 3.11. The quantitative estimate of drug-likeness (QED) is 0.741. The summed E-state index contributed by atoms with van der Waals surface area (Å²) in [6.07, 6.45) is 9.28. The molecule has 3 aliphatic carbocycles. The molecule has 0 radical (unpaired) electrons. The number of allylic oxidation sites excluding steroid dienone is 3. The van der Waals surface area contributed by atoms with Crippen molar-refractivity contribution < 1.29 is 9.59 Å². The van der Waals surface area contributed by atoms with Gasteiger partial charge >= 0.3 is 0 Å². The molecule has 0 N–H and O–H groups in total. The molecule has 112 valence electrons. The van der Waals surface area contributed by atoms with E-state index < -0.39 is 0 Å². The van der Waals surface area contributed by atoms with Gasteiger partial charge in [0.2, 0.25) is 0 Å². The molecule has 2 spiro atoms. The van der Waals surface area contributed by atoms with Crippen molar-refractivity contribution in [3.63, 3.8) is 0 Å². The first-order chi connectivity index (χ1) is 10.1. The molecule has 0 aromatic carbocycles. The molecule has 0 unspecified atom stereocenters. The Morgan fingerprint density at radius 3 is 2.90 bits per heavy atom. The standard InChI is InChI=1S/C18H22O2S/c1-3-4-5-12-10-17-11(2)15(19)8-13(17)9-16(20)18(17)14(12)6-7-21-18/h6-7,10-11,13-14H,3-5,8-9H2,1-2H3/t11-,13-,14-,17-,18+/m0/s1. The number of carbonyl (C=O) groups is 2. The molecule has 0 aromatic heterocycles. The number of unbranched alkanes of at least 4 members (excludes halogenated alkanes) is 1. The Bertz CT molecular complexity index is 590. The van der Waals surface area contributed by atoms with E-state index in [0.29, 0.717) is 24.4 Å². The lowest BCUT2D eigenvalue weighted by Gasteiger charge is -2.41. The van der Waals surface area contributed by atoms with Crippen LogP contribution in [-0.4, -0.2) is 16.3 Å². The van der Waals surface area contributed by atoms with Crippen LogP contribution < -0.4 is 0 Å². The monoisotopic (exact) mass is 302 g/mol. The van der Waals surface area contributed by atoms with E-state index >= 15 is 0 Å². The minimum Gasteiger partial charge on any atom is -0.299 e. The molecule has 2 saturated carbocycles. The summed E-state index contributed by atoms with van der Waals surface area (Å²) in [5, 5.41) is 2.13. The smallest absolute Gasteiger partial charge is 0.151 e. The number of carbonyl (C=O) groups excluding carboxylic acids is 2. The van der Waals surface area contributed by atoms with Gasteiger partial charge in [0.1, 0.15) is 5.78 Å². The zero-order valence-electron chi connectivity index (χ0n) is 12.7. The highest BCUT2D eigenvalue weighted by Gasteiger charge is 2.75. The summed E-state index contributed by atoms with van der Waals surface area (Å²) in [5.74, 6) is 1.27. The number of hydrogen-bond donors (Lipinski definition) is 0. The molecule has 1 aliphatic heterocycles. The van der Waals surface area contributed by atoms with Crippen LogP contribution in [0.3, 0.4) is 0 Å². The predicted octanol–water partition coefficient (Wildman–Crippen LogP) is 3.92. The molecule has 0 aromatic rings. The molecule has 1 heterocycles. The van der Waals surface area contributed by atoms with E-state index in [0.717, 1.165) is 6.42 Å². The SMILES string of the molecule is CCCCC1=C[C@@]23[C@@H](CC(=O)[C@@H]2C)CC(=O)[C@@]32SC=C[C@@H]12. The van der Waals surface area contributed by atoms with Crippen LogP contribution in [0, 0.1) is 23.2 Å². The number of thioether (sulfide) groups is 1. The third kappa shape index (κ3) is 1.37. The van der Waals surface area contributed by atoms with Crippen molar-refractivity contribution in [1.29, 1.82) is 0 Å². The Morgan fingerprint density at radius 1 is 1.33 bits per heavy atom. The molecule has 0 saturated heterocycles. The summed E-state index contributed by atoms with van der Waals surface area (Å²) < 4.78 is -0.369. The maximum Gasteiger partial charge on any atom is 0.151 e. The van der Waals surface area contributed by atoms with Crippen LogP contribution in [0.2, 0.25) is 0 Å². The molecular weight excluding hydrogens is 280 g/mol. The van der Waals surface area contributed by atoms with Crippen molar-refractivity contribution >= 4 is 23.3 Å². The van der Waals surface area contributed by atoms with E-state index in [1.54, 1.807) is 11.8 Å². The van der Waals surface area contributed by atoms with Gasteiger partial charge in [0.25, 0.3) is 0 Å². The van der Waals surface area contributed by atoms with Gasteiger partial charge in [-0.15, -0.1) is 11.8 Å². The van der Waals surface area contributed by atoms with Crippen molar-refractivity contribution in [3.05, 3.63) is 23.1 Å². The molecule has 2 fully saturated rings. The summed E-state index contributed by atoms with van der Waals surface area (Å²) in [6, 6.07) is 0. The van der Waals surface area contributed by atoms with Crippen LogP contribution >= 0.6 is 11.8 Å². The van der Waals surface area contributed by atoms with Gasteiger partial charge in [0, 0.05) is 30.1 Å². The summed E-state index contributed by atoms with van der Waals surface area (Å²) in [7, 11) is 0. The molecule has 0 bridgehead atoms. The fourth-order valence-electron chi connectivity index (χ4n) is 5.48. The van der Waals surface area contributed by atoms with Crippen LogP contribution in [-0.2, 0) is 9.59 Å². The van der Waals surface area contributed by atoms with E-state index in [1.165, 1.54) is 18.4 Å². The Morgan fingerprint density at radius 2 is 2.14 bits per heavy atom. The van der Waals surface area contributed by atoms with E-state index in [1.807, 2.05) is 0 Å². The van der Waals surface area contributed by atoms with Gasteiger partial charge in [-0.2, -0.15) is 0 Å². The van der Waals surface area contributed by atoms with Crippen molar-refractivity contribution in [2.75, 3.05) is 0 Å². The summed E-state index contributed by atoms with van der Waals surface area (Å²) in [6.45, 7) is 4.27. The fraction of sp³-hybridized carbons (Fsp3) is 0.667. The van der Waals surface area contributed by atoms with Crippen molar-refractivity contribution in [1.82, 2.24) is 0 Å². The maximum atomic E-state index is 12.9. The lowest BCUT2D eigenvalue weighted by Crippen LogP contribution is -2.49. The molecule has 5 atom stereocenters. The molecule has 0 amide bonds. The first kappa shape index (κ1) is 13.8. The zero-order chi connectivity index (χ0) is 14.8. The number of hydrogen-bond acceptors (Lipinski definition) is 3. The largest absolute Gasteiger partial charge is 0.299 e. The Balaban J connectivity index is 1.87. The molecule has 21 heavy (non-hydrogen) atoms. The Kier molecular flexibility index (Phi) is 2.86. The molecule has 4 aliphatic rings. The van der Waals surface area contributed by atoms with Gasteiger partial charge in [-0.1, -0.05) is 38.0 Å². The zero-order valence-corrected chi connectivity index (χ0v) is 13.5. The number of Topliss-reactive ketones (excluding diaryl/α,β-unsaturated/α-hetero) is 2. The average molecular weight is 302 g/mol. The van der Waals surface area contributed by atoms with Gasteiger partial charge in [0.15, 0.2) is 5.78 Å². The van der Waals surface area contributed by atoms with Crippen molar-refractivity contribution in [3.8, 4) is 0 Å². The normalized spacial score (nSPS) is 46.8. The highest BCUT2D eigenvalue weighted by atomic mass is 32.2. The number of ketones is 2. The maximum absolute atomic E-state index is 12.9. The number of rotatable bonds is 3. The van der Waals surface area contributed by atoms with Crippen molar-refractivity contribution in [2.45, 2.75) is 50.7 Å². The highest BCUT2D eigenvalue weighted by Crippen LogP contribution is 2.73. The Hall–Kier alpha value is -0.830. The lowest BCUT2D eigenvalue weighted by atomic mass is 9.68. The van der Waals surface area contributed by atoms with Crippen LogP contribution in [0.5, 0.6) is 0 Å². The predicted molar refractivity (Wildman–Crippen MR) is 84.9 cm³/mol. The summed E-state index contributed by atoms with van der Waals surface area (Å²) in [5.41, 5.74) is 1.24. The topological polar surface area (TPSA) is 34.1 Å². The third-order valence-corrected chi connectivity index (χ3v) is 7.92. The minimum absolute atomic E-state index is 0.00276. The van der Waals surface area contributed by atoms with Gasteiger partial charge in [-0.05, 0) is 24.2 Å². The van der Waals surface area contributed by atoms with Crippen LogP contribution in [0.15, 0.2) is 23.1 Å². The Labute approximate surface area is 130 Å². The van der Waals surface area contributed by atoms with Gasteiger partial charge in [-0.25, -0.2) is 0 Å². The van der Waals surface area contributed by atoms with E-state index in [9.17, 15) is 9.59 Å². The van der Waals surface area contributed by atoms with Gasteiger partial charge in [0.05, 0.1) is 4.75 Å². The van der Waals surface area contributed by atoms with Crippen LogP contribution in [0.4, 0.5) is 0 Å². The van der Waals surface area contributed by atoms with Crippen LogP contribution in [0.1, 0.15) is 46.0 Å². The van der Waals surface area contributed by atoms with E-state index in [-0.39, 0.29) is 27.9 Å². The van der Waals surface area contributed by atoms with Crippen molar-refractivity contribution in [2.24, 2.45) is 23.2 Å². The van der Waals surface area contributed by atoms with Gasteiger partial charge in [-0.3, -0.25) is 9.59 Å². The molecule has 3 heteroatoms. The summed E-state index contributed by atoms with van der Waals surface area (Å²) in [4.78, 5) is 25.3. The molecule has 2 nitrogen and oxygen atoms in total. The van der Waals surface area contributed by atoms with Gasteiger partial charge < -0.3 is 0 Å². The highest BCUT2D eigenvalue weighted by molar-refractivity contribution is 8.04. The second kappa shape index (κ2) is 4.34. The first-order valence-corrected chi connectivity index (χ1v) is 9.08. The lowest BCUT2D eigenvalue weighted by molar-refractivity contribution is -0.124. The molecular formula is C18H22O2S.